The summed E-state index contributed by atoms with van der Waals surface area (Å²) in [5.41, 5.74) is 3.36. The molecule has 18 heavy (non-hydrogen) atoms. The smallest absolute Gasteiger partial charge is 0.167 e. The average molecular weight is 244 g/mol. The topological polar surface area (TPSA) is 38.1 Å². The van der Waals surface area contributed by atoms with E-state index < -0.39 is 0 Å². The molecule has 1 aromatic heterocycles. The quantitative estimate of drug-likeness (QED) is 0.876. The fraction of sp³-hybridized carbons (Fsp3) is 0.400. The maximum Gasteiger partial charge on any atom is 0.167 e. The zero-order valence-corrected chi connectivity index (χ0v) is 11.2. The van der Waals surface area contributed by atoms with Crippen molar-refractivity contribution in [1.29, 1.82) is 0 Å². The van der Waals surface area contributed by atoms with Crippen molar-refractivity contribution in [3.8, 4) is 11.3 Å². The minimum Gasteiger partial charge on any atom is -0.356 e. The lowest BCUT2D eigenvalue weighted by molar-refractivity contribution is 0.417. The van der Waals surface area contributed by atoms with E-state index in [9.17, 15) is 0 Å². The van der Waals surface area contributed by atoms with E-state index in [1.54, 1.807) is 0 Å². The number of nitrogens with one attached hydrogen (secondary N) is 1. The largest absolute Gasteiger partial charge is 0.356 e. The minimum atomic E-state index is 0.453. The molecule has 2 rings (SSSR count). The second kappa shape index (κ2) is 5.83. The highest BCUT2D eigenvalue weighted by molar-refractivity contribution is 5.57. The molecule has 3 nitrogen and oxygen atoms in total. The Morgan fingerprint density at radius 2 is 1.94 bits per heavy atom. The highest BCUT2D eigenvalue weighted by Gasteiger charge is 2.06. The van der Waals surface area contributed by atoms with E-state index in [0.29, 0.717) is 6.04 Å². The van der Waals surface area contributed by atoms with Gasteiger partial charge in [-0.1, -0.05) is 50.2 Å². The van der Waals surface area contributed by atoms with E-state index in [4.69, 9.17) is 4.52 Å². The zero-order valence-electron chi connectivity index (χ0n) is 11.2. The molecule has 0 amide bonds. The third kappa shape index (κ3) is 3.20. The van der Waals surface area contributed by atoms with E-state index >= 15 is 0 Å². The molecule has 0 saturated carbocycles. The Bertz CT molecular complexity index is 485. The predicted molar refractivity (Wildman–Crippen MR) is 73.3 cm³/mol. The number of rotatable bonds is 5. The first kappa shape index (κ1) is 12.8. The fourth-order valence-corrected chi connectivity index (χ4v) is 1.74. The third-order valence-corrected chi connectivity index (χ3v) is 2.90. The van der Waals surface area contributed by atoms with Gasteiger partial charge in [-0.25, -0.2) is 0 Å². The summed E-state index contributed by atoms with van der Waals surface area (Å²) in [5, 5.41) is 7.39. The lowest BCUT2D eigenvalue weighted by Crippen LogP contribution is -2.21. The molecule has 96 valence electrons. The molecule has 0 aliphatic rings. The number of aryl methyl sites for hydroxylation is 1. The van der Waals surface area contributed by atoms with Gasteiger partial charge in [0.2, 0.25) is 0 Å². The maximum absolute atomic E-state index is 5.37. The summed E-state index contributed by atoms with van der Waals surface area (Å²) in [7, 11) is 0. The molecule has 0 aliphatic heterocycles. The molecule has 1 heterocycles. The zero-order chi connectivity index (χ0) is 13.0. The molecule has 0 saturated heterocycles. The maximum atomic E-state index is 5.37. The SMILES string of the molecule is CCc1ccc(-c2cc(CNC(C)C)no2)cc1. The van der Waals surface area contributed by atoms with Gasteiger partial charge in [0.15, 0.2) is 5.76 Å². The Morgan fingerprint density at radius 1 is 1.22 bits per heavy atom. The van der Waals surface area contributed by atoms with Crippen molar-refractivity contribution in [2.45, 2.75) is 39.8 Å². The van der Waals surface area contributed by atoms with E-state index in [-0.39, 0.29) is 0 Å². The molecule has 0 aliphatic carbocycles. The molecule has 1 aromatic carbocycles. The molecule has 3 heteroatoms. The Kier molecular flexibility index (Phi) is 4.15. The van der Waals surface area contributed by atoms with E-state index in [1.807, 2.05) is 6.07 Å². The molecule has 0 unspecified atom stereocenters. The Balaban J connectivity index is 2.08. The van der Waals surface area contributed by atoms with Crippen LogP contribution in [0.2, 0.25) is 0 Å². The van der Waals surface area contributed by atoms with Gasteiger partial charge in [-0.15, -0.1) is 0 Å². The molecule has 0 spiro atoms. The first-order chi connectivity index (χ1) is 8.69. The first-order valence-electron chi connectivity index (χ1n) is 6.47. The molecular formula is C15H20N2O. The van der Waals surface area contributed by atoms with Gasteiger partial charge >= 0.3 is 0 Å². The second-order valence-electron chi connectivity index (χ2n) is 4.77. The van der Waals surface area contributed by atoms with E-state index in [1.165, 1.54) is 5.56 Å². The highest BCUT2D eigenvalue weighted by Crippen LogP contribution is 2.21. The Hall–Kier alpha value is -1.61. The summed E-state index contributed by atoms with van der Waals surface area (Å²) < 4.78 is 5.37. The average Bonchev–Trinajstić information content (AvgIpc) is 2.85. The molecule has 0 atom stereocenters. The number of hydrogen-bond donors (Lipinski definition) is 1. The van der Waals surface area contributed by atoms with Crippen LogP contribution in [0.15, 0.2) is 34.9 Å². The first-order valence-corrected chi connectivity index (χ1v) is 6.47. The third-order valence-electron chi connectivity index (χ3n) is 2.90. The molecule has 2 aromatic rings. The van der Waals surface area contributed by atoms with Gasteiger partial charge in [-0.2, -0.15) is 0 Å². The molecule has 1 N–H and O–H groups in total. The summed E-state index contributed by atoms with van der Waals surface area (Å²) in [4.78, 5) is 0. The van der Waals surface area contributed by atoms with Crippen LogP contribution in [0, 0.1) is 0 Å². The van der Waals surface area contributed by atoms with Crippen LogP contribution < -0.4 is 5.32 Å². The van der Waals surface area contributed by atoms with Gasteiger partial charge in [0.1, 0.15) is 0 Å². The van der Waals surface area contributed by atoms with Gasteiger partial charge in [0.25, 0.3) is 0 Å². The summed E-state index contributed by atoms with van der Waals surface area (Å²) in [5.74, 6) is 0.832. The van der Waals surface area contributed by atoms with Gasteiger partial charge in [0, 0.05) is 24.2 Å². The van der Waals surface area contributed by atoms with Gasteiger partial charge in [-0.3, -0.25) is 0 Å². The summed E-state index contributed by atoms with van der Waals surface area (Å²) in [6, 6.07) is 10.9. The van der Waals surface area contributed by atoms with Crippen molar-refractivity contribution in [3.63, 3.8) is 0 Å². The Labute approximate surface area is 108 Å². The highest BCUT2D eigenvalue weighted by atomic mass is 16.5. The summed E-state index contributed by atoms with van der Waals surface area (Å²) >= 11 is 0. The van der Waals surface area contributed by atoms with E-state index in [0.717, 1.165) is 30.0 Å². The number of benzene rings is 1. The minimum absolute atomic E-state index is 0.453. The van der Waals surface area contributed by atoms with Gasteiger partial charge in [0.05, 0.1) is 5.69 Å². The van der Waals surface area contributed by atoms with Crippen LogP contribution in [0.4, 0.5) is 0 Å². The summed E-state index contributed by atoms with van der Waals surface area (Å²) in [6.45, 7) is 7.13. The lowest BCUT2D eigenvalue weighted by Gasteiger charge is -2.03. The monoisotopic (exact) mass is 244 g/mol. The fourth-order valence-electron chi connectivity index (χ4n) is 1.74. The normalized spacial score (nSPS) is 11.1. The van der Waals surface area contributed by atoms with E-state index in [2.05, 4.69) is 55.5 Å². The van der Waals surface area contributed by atoms with Crippen LogP contribution in [0.5, 0.6) is 0 Å². The van der Waals surface area contributed by atoms with Gasteiger partial charge < -0.3 is 9.84 Å². The standard InChI is InChI=1S/C15H20N2O/c1-4-12-5-7-13(8-6-12)15-9-14(17-18-15)10-16-11(2)3/h5-9,11,16H,4,10H2,1-3H3. The van der Waals surface area contributed by atoms with Crippen LogP contribution >= 0.6 is 0 Å². The van der Waals surface area contributed by atoms with Gasteiger partial charge in [-0.05, 0) is 12.0 Å². The molecule has 0 fully saturated rings. The number of nitrogens with zero attached hydrogens (tertiary/aromatic N) is 1. The molecule has 0 bridgehead atoms. The van der Waals surface area contributed by atoms with Crippen LogP contribution in [0.25, 0.3) is 11.3 Å². The van der Waals surface area contributed by atoms with Crippen LogP contribution in [0.1, 0.15) is 32.0 Å². The van der Waals surface area contributed by atoms with Crippen molar-refractivity contribution >= 4 is 0 Å². The van der Waals surface area contributed by atoms with Crippen molar-refractivity contribution in [3.05, 3.63) is 41.6 Å². The van der Waals surface area contributed by atoms with Crippen molar-refractivity contribution in [2.24, 2.45) is 0 Å². The van der Waals surface area contributed by atoms with Crippen LogP contribution in [-0.4, -0.2) is 11.2 Å². The van der Waals surface area contributed by atoms with Crippen LogP contribution in [-0.2, 0) is 13.0 Å². The lowest BCUT2D eigenvalue weighted by atomic mass is 10.1. The predicted octanol–water partition coefficient (Wildman–Crippen LogP) is 3.40. The van der Waals surface area contributed by atoms with Crippen LogP contribution in [0.3, 0.4) is 0 Å². The van der Waals surface area contributed by atoms with Crippen molar-refractivity contribution in [2.75, 3.05) is 0 Å². The molecular weight excluding hydrogens is 224 g/mol. The molecule has 0 radical (unpaired) electrons. The van der Waals surface area contributed by atoms with Crippen molar-refractivity contribution in [1.82, 2.24) is 10.5 Å². The second-order valence-corrected chi connectivity index (χ2v) is 4.77. The number of aromatic nitrogens is 1. The Morgan fingerprint density at radius 3 is 2.56 bits per heavy atom. The van der Waals surface area contributed by atoms with Crippen molar-refractivity contribution < 1.29 is 4.52 Å². The summed E-state index contributed by atoms with van der Waals surface area (Å²) in [6.07, 6.45) is 1.06. The number of hydrogen-bond acceptors (Lipinski definition) is 3.